The van der Waals surface area contributed by atoms with Gasteiger partial charge in [0.25, 0.3) is 0 Å². The minimum atomic E-state index is 0.731. The molecule has 0 spiro atoms. The molecule has 0 bridgehead atoms. The molecule has 1 rings (SSSR count). The smallest absolute Gasteiger partial charge is 0.191 e. The quantitative estimate of drug-likeness (QED) is 0.648. The van der Waals surface area contributed by atoms with Gasteiger partial charge < -0.3 is 10.6 Å². The van der Waals surface area contributed by atoms with Gasteiger partial charge in [0.1, 0.15) is 0 Å². The van der Waals surface area contributed by atoms with Gasteiger partial charge in [-0.15, -0.1) is 11.3 Å². The molecule has 1 aromatic heterocycles. The van der Waals surface area contributed by atoms with Crippen molar-refractivity contribution >= 4 is 33.2 Å². The van der Waals surface area contributed by atoms with Crippen molar-refractivity contribution in [3.63, 3.8) is 0 Å². The Morgan fingerprint density at radius 3 is 2.81 bits per heavy atom. The summed E-state index contributed by atoms with van der Waals surface area (Å²) >= 11 is 5.17. The Morgan fingerprint density at radius 1 is 1.44 bits per heavy atom. The summed E-state index contributed by atoms with van der Waals surface area (Å²) in [4.78, 5) is 5.78. The first kappa shape index (κ1) is 13.5. The van der Waals surface area contributed by atoms with Crippen LogP contribution in [-0.2, 0) is 6.54 Å². The van der Waals surface area contributed by atoms with E-state index in [2.05, 4.69) is 56.8 Å². The number of aliphatic imine (C=N–C) groups is 1. The van der Waals surface area contributed by atoms with E-state index in [1.54, 1.807) is 11.3 Å². The molecule has 0 aliphatic carbocycles. The fourth-order valence-electron chi connectivity index (χ4n) is 1.18. The van der Waals surface area contributed by atoms with Crippen molar-refractivity contribution in [1.82, 2.24) is 10.6 Å². The first-order chi connectivity index (χ1) is 7.76. The Hall–Kier alpha value is -0.550. The van der Waals surface area contributed by atoms with Gasteiger partial charge in [-0.25, -0.2) is 4.99 Å². The van der Waals surface area contributed by atoms with Crippen molar-refractivity contribution in [2.24, 2.45) is 4.99 Å². The van der Waals surface area contributed by atoms with Crippen LogP contribution in [0.5, 0.6) is 0 Å². The first-order valence-corrected chi connectivity index (χ1v) is 7.18. The molecule has 0 aromatic carbocycles. The van der Waals surface area contributed by atoms with Gasteiger partial charge in [0.15, 0.2) is 5.96 Å². The van der Waals surface area contributed by atoms with Crippen LogP contribution in [0.2, 0.25) is 0 Å². The first-order valence-electron chi connectivity index (χ1n) is 5.51. The number of halogens is 1. The zero-order valence-corrected chi connectivity index (χ0v) is 12.1. The predicted molar refractivity (Wildman–Crippen MR) is 75.1 cm³/mol. The van der Waals surface area contributed by atoms with Gasteiger partial charge in [0, 0.05) is 27.8 Å². The molecular weight excluding hydrogens is 286 g/mol. The van der Waals surface area contributed by atoms with Crippen molar-refractivity contribution in [3.8, 4) is 0 Å². The van der Waals surface area contributed by atoms with Gasteiger partial charge in [-0.2, -0.15) is 0 Å². The van der Waals surface area contributed by atoms with E-state index in [1.807, 2.05) is 0 Å². The third kappa shape index (κ3) is 4.99. The van der Waals surface area contributed by atoms with Crippen LogP contribution in [0.3, 0.4) is 0 Å². The van der Waals surface area contributed by atoms with Crippen molar-refractivity contribution in [2.75, 3.05) is 13.1 Å². The van der Waals surface area contributed by atoms with Gasteiger partial charge in [-0.05, 0) is 35.3 Å². The lowest BCUT2D eigenvalue weighted by Gasteiger charge is -2.09. The molecule has 0 aliphatic rings. The lowest BCUT2D eigenvalue weighted by Crippen LogP contribution is -2.37. The number of hydrogen-bond acceptors (Lipinski definition) is 2. The van der Waals surface area contributed by atoms with Crippen LogP contribution in [0.1, 0.15) is 25.1 Å². The monoisotopic (exact) mass is 303 g/mol. The largest absolute Gasteiger partial charge is 0.357 e. The minimum absolute atomic E-state index is 0.731. The lowest BCUT2D eigenvalue weighted by atomic mass is 10.4. The summed E-state index contributed by atoms with van der Waals surface area (Å²) in [5, 5.41) is 8.59. The molecule has 0 amide bonds. The summed E-state index contributed by atoms with van der Waals surface area (Å²) in [7, 11) is 0. The Bertz CT molecular complexity index is 336. The summed E-state index contributed by atoms with van der Waals surface area (Å²) in [6, 6.07) is 2.11. The Kier molecular flexibility index (Phi) is 6.49. The van der Waals surface area contributed by atoms with E-state index in [0.29, 0.717) is 0 Å². The fourth-order valence-corrected chi connectivity index (χ4v) is 2.55. The molecule has 16 heavy (non-hydrogen) atoms. The van der Waals surface area contributed by atoms with Crippen LogP contribution in [0.25, 0.3) is 0 Å². The van der Waals surface area contributed by atoms with E-state index in [4.69, 9.17) is 0 Å². The molecule has 0 radical (unpaired) electrons. The van der Waals surface area contributed by atoms with Crippen LogP contribution in [0, 0.1) is 0 Å². The number of rotatable bonds is 5. The average Bonchev–Trinajstić information content (AvgIpc) is 2.68. The Balaban J connectivity index is 2.49. The van der Waals surface area contributed by atoms with E-state index in [0.717, 1.165) is 36.5 Å². The van der Waals surface area contributed by atoms with Gasteiger partial charge >= 0.3 is 0 Å². The molecule has 5 heteroatoms. The molecular formula is C11H18BrN3S. The summed E-state index contributed by atoms with van der Waals surface area (Å²) in [5.74, 6) is 0.897. The second-order valence-corrected chi connectivity index (χ2v) is 5.26. The fraction of sp³-hybridized carbons (Fsp3) is 0.545. The van der Waals surface area contributed by atoms with Gasteiger partial charge in [-0.3, -0.25) is 0 Å². The lowest BCUT2D eigenvalue weighted by molar-refractivity contribution is 0.786. The molecule has 0 fully saturated rings. The van der Waals surface area contributed by atoms with Gasteiger partial charge in [-0.1, -0.05) is 6.92 Å². The zero-order chi connectivity index (χ0) is 11.8. The van der Waals surface area contributed by atoms with E-state index >= 15 is 0 Å². The van der Waals surface area contributed by atoms with Crippen LogP contribution < -0.4 is 10.6 Å². The molecule has 0 saturated heterocycles. The molecule has 0 atom stereocenters. The van der Waals surface area contributed by atoms with E-state index in [9.17, 15) is 0 Å². The third-order valence-corrected chi connectivity index (χ3v) is 3.58. The van der Waals surface area contributed by atoms with E-state index < -0.39 is 0 Å². The zero-order valence-electron chi connectivity index (χ0n) is 9.72. The van der Waals surface area contributed by atoms with Gasteiger partial charge in [0.05, 0.1) is 6.54 Å². The average molecular weight is 304 g/mol. The van der Waals surface area contributed by atoms with Crippen LogP contribution in [-0.4, -0.2) is 19.0 Å². The topological polar surface area (TPSA) is 36.4 Å². The molecule has 1 aromatic rings. The van der Waals surface area contributed by atoms with Crippen LogP contribution >= 0.6 is 27.3 Å². The van der Waals surface area contributed by atoms with Crippen LogP contribution in [0.4, 0.5) is 0 Å². The Labute approximate surface area is 109 Å². The molecule has 90 valence electrons. The highest BCUT2D eigenvalue weighted by Crippen LogP contribution is 2.20. The van der Waals surface area contributed by atoms with Crippen LogP contribution in [0.15, 0.2) is 20.9 Å². The normalized spacial score (nSPS) is 11.6. The van der Waals surface area contributed by atoms with Crippen molar-refractivity contribution in [2.45, 2.75) is 26.8 Å². The maximum absolute atomic E-state index is 4.52. The van der Waals surface area contributed by atoms with E-state index in [1.165, 1.54) is 4.88 Å². The molecule has 0 unspecified atom stereocenters. The summed E-state index contributed by atoms with van der Waals surface area (Å²) in [5.41, 5.74) is 0. The number of nitrogens with one attached hydrogen (secondary N) is 2. The SMILES string of the molecule is CCCNC(=NCc1cc(Br)cs1)NCC. The second-order valence-electron chi connectivity index (χ2n) is 3.35. The molecule has 2 N–H and O–H groups in total. The third-order valence-electron chi connectivity index (χ3n) is 1.90. The highest BCUT2D eigenvalue weighted by Gasteiger charge is 1.98. The molecule has 3 nitrogen and oxygen atoms in total. The molecule has 0 saturated carbocycles. The highest BCUT2D eigenvalue weighted by molar-refractivity contribution is 9.10. The number of nitrogens with zero attached hydrogens (tertiary/aromatic N) is 1. The van der Waals surface area contributed by atoms with Crippen molar-refractivity contribution in [1.29, 1.82) is 0 Å². The number of guanidine groups is 1. The second kappa shape index (κ2) is 7.68. The number of thiophene rings is 1. The van der Waals surface area contributed by atoms with Crippen molar-refractivity contribution < 1.29 is 0 Å². The highest BCUT2D eigenvalue weighted by atomic mass is 79.9. The standard InChI is InChI=1S/C11H18BrN3S/c1-3-5-14-11(13-4-2)15-7-10-6-9(12)8-16-10/h6,8H,3-5,7H2,1-2H3,(H2,13,14,15). The Morgan fingerprint density at radius 2 is 2.25 bits per heavy atom. The van der Waals surface area contributed by atoms with Crippen molar-refractivity contribution in [3.05, 3.63) is 20.8 Å². The van der Waals surface area contributed by atoms with E-state index in [-0.39, 0.29) is 0 Å². The summed E-state index contributed by atoms with van der Waals surface area (Å²) < 4.78 is 1.13. The molecule has 0 aliphatic heterocycles. The number of hydrogen-bond donors (Lipinski definition) is 2. The molecule has 1 heterocycles. The maximum atomic E-state index is 4.52. The van der Waals surface area contributed by atoms with Gasteiger partial charge in [0.2, 0.25) is 0 Å². The maximum Gasteiger partial charge on any atom is 0.191 e. The summed E-state index contributed by atoms with van der Waals surface area (Å²) in [6.45, 7) is 6.80. The predicted octanol–water partition coefficient (Wildman–Crippen LogP) is 2.98. The minimum Gasteiger partial charge on any atom is -0.357 e. The summed E-state index contributed by atoms with van der Waals surface area (Å²) in [6.07, 6.45) is 1.11.